The van der Waals surface area contributed by atoms with E-state index in [4.69, 9.17) is 4.74 Å². The van der Waals surface area contributed by atoms with E-state index in [1.807, 2.05) is 66.7 Å². The summed E-state index contributed by atoms with van der Waals surface area (Å²) in [6.45, 7) is 2.25. The second kappa shape index (κ2) is 9.28. The third-order valence-corrected chi connectivity index (χ3v) is 8.49. The predicted molar refractivity (Wildman–Crippen MR) is 125 cm³/mol. The van der Waals surface area contributed by atoms with E-state index >= 15 is 0 Å². The summed E-state index contributed by atoms with van der Waals surface area (Å²) >= 11 is 1.39. The molecule has 0 bridgehead atoms. The molecule has 2 aromatic carbocycles. The third-order valence-electron chi connectivity index (χ3n) is 5.27. The Hall–Kier alpha value is -2.94. The van der Waals surface area contributed by atoms with Crippen LogP contribution < -0.4 is 4.74 Å². The van der Waals surface area contributed by atoms with Crippen molar-refractivity contribution in [2.24, 2.45) is 0 Å². The molecule has 0 amide bonds. The first-order valence-corrected chi connectivity index (χ1v) is 12.5. The van der Waals surface area contributed by atoms with Crippen LogP contribution in [0.4, 0.5) is 0 Å². The summed E-state index contributed by atoms with van der Waals surface area (Å²) in [6.07, 6.45) is 4.14. The Kier molecular flexibility index (Phi) is 6.45. The Labute approximate surface area is 191 Å². The van der Waals surface area contributed by atoms with Gasteiger partial charge < -0.3 is 9.84 Å². The summed E-state index contributed by atoms with van der Waals surface area (Å²) < 4.78 is 32.5. The molecule has 1 unspecified atom stereocenters. The van der Waals surface area contributed by atoms with Crippen LogP contribution in [0.1, 0.15) is 23.8 Å². The third kappa shape index (κ3) is 4.48. The SMILES string of the molecule is CCC(C(=O)O)N1Cc2sc(-c3ccc(C=CCOc4ccccc4)cc3)cc2S1(=O)=O. The lowest BCUT2D eigenvalue weighted by atomic mass is 10.1. The summed E-state index contributed by atoms with van der Waals surface area (Å²) in [5.41, 5.74) is 1.94. The molecular formula is C24H23NO5S2. The van der Waals surface area contributed by atoms with Gasteiger partial charge in [0, 0.05) is 9.75 Å². The summed E-state index contributed by atoms with van der Waals surface area (Å²) in [4.78, 5) is 13.2. The minimum Gasteiger partial charge on any atom is -0.490 e. The molecule has 8 heteroatoms. The zero-order chi connectivity index (χ0) is 22.7. The van der Waals surface area contributed by atoms with Crippen LogP contribution in [0.25, 0.3) is 16.5 Å². The number of hydrogen-bond acceptors (Lipinski definition) is 5. The lowest BCUT2D eigenvalue weighted by Gasteiger charge is -2.21. The quantitative estimate of drug-likeness (QED) is 0.509. The van der Waals surface area contributed by atoms with Gasteiger partial charge >= 0.3 is 5.97 Å². The highest BCUT2D eigenvalue weighted by Gasteiger charge is 2.42. The van der Waals surface area contributed by atoms with Crippen molar-refractivity contribution < 1.29 is 23.1 Å². The molecule has 0 aliphatic carbocycles. The van der Waals surface area contributed by atoms with Gasteiger partial charge in [-0.25, -0.2) is 8.42 Å². The zero-order valence-electron chi connectivity index (χ0n) is 17.5. The standard InChI is InChI=1S/C24H23NO5S2/c1-2-20(24(26)27)25-16-22-23(32(25,28)29)15-21(31-22)18-12-10-17(11-13-18)7-6-14-30-19-8-4-3-5-9-19/h3-13,15,20H,2,14,16H2,1H3,(H,26,27). The summed E-state index contributed by atoms with van der Waals surface area (Å²) in [5.74, 6) is -0.301. The summed E-state index contributed by atoms with van der Waals surface area (Å²) in [5, 5.41) is 9.36. The van der Waals surface area contributed by atoms with E-state index in [0.29, 0.717) is 11.5 Å². The maximum atomic E-state index is 12.9. The smallest absolute Gasteiger partial charge is 0.322 e. The van der Waals surface area contributed by atoms with E-state index in [-0.39, 0.29) is 17.9 Å². The fraction of sp³-hybridized carbons (Fsp3) is 0.208. The van der Waals surface area contributed by atoms with Crippen LogP contribution in [0.15, 0.2) is 71.6 Å². The Morgan fingerprint density at radius 2 is 1.91 bits per heavy atom. The number of fused-ring (bicyclic) bond motifs is 1. The van der Waals surface area contributed by atoms with E-state index in [1.54, 1.807) is 13.0 Å². The van der Waals surface area contributed by atoms with Gasteiger partial charge in [-0.05, 0) is 41.8 Å². The largest absolute Gasteiger partial charge is 0.490 e. The molecule has 166 valence electrons. The van der Waals surface area contributed by atoms with E-state index in [0.717, 1.165) is 26.1 Å². The molecule has 32 heavy (non-hydrogen) atoms. The van der Waals surface area contributed by atoms with Crippen molar-refractivity contribution in [3.63, 3.8) is 0 Å². The number of hydrogen-bond donors (Lipinski definition) is 1. The van der Waals surface area contributed by atoms with E-state index in [2.05, 4.69) is 0 Å². The number of ether oxygens (including phenoxy) is 1. The highest BCUT2D eigenvalue weighted by Crippen LogP contribution is 2.42. The topological polar surface area (TPSA) is 83.9 Å². The van der Waals surface area contributed by atoms with E-state index < -0.39 is 22.0 Å². The number of aliphatic carboxylic acids is 1. The molecule has 0 saturated carbocycles. The molecule has 0 fully saturated rings. The molecule has 1 atom stereocenters. The molecule has 2 heterocycles. The highest BCUT2D eigenvalue weighted by molar-refractivity contribution is 7.89. The highest BCUT2D eigenvalue weighted by atomic mass is 32.2. The van der Waals surface area contributed by atoms with Gasteiger partial charge in [0.15, 0.2) is 0 Å². The number of carboxylic acids is 1. The van der Waals surface area contributed by atoms with Crippen LogP contribution in [-0.2, 0) is 21.4 Å². The molecule has 0 saturated heterocycles. The van der Waals surface area contributed by atoms with Crippen molar-refractivity contribution in [2.45, 2.75) is 30.8 Å². The van der Waals surface area contributed by atoms with Crippen LogP contribution in [0.2, 0.25) is 0 Å². The normalized spacial score (nSPS) is 16.2. The van der Waals surface area contributed by atoms with Gasteiger partial charge in [0.25, 0.3) is 0 Å². The van der Waals surface area contributed by atoms with Crippen LogP contribution in [0.3, 0.4) is 0 Å². The molecule has 4 rings (SSSR count). The Morgan fingerprint density at radius 1 is 1.19 bits per heavy atom. The Balaban J connectivity index is 1.44. The van der Waals surface area contributed by atoms with Gasteiger partial charge in [-0.1, -0.05) is 55.5 Å². The zero-order valence-corrected chi connectivity index (χ0v) is 19.1. The van der Waals surface area contributed by atoms with Crippen LogP contribution in [0.5, 0.6) is 5.75 Å². The lowest BCUT2D eigenvalue weighted by molar-refractivity contribution is -0.141. The lowest BCUT2D eigenvalue weighted by Crippen LogP contribution is -2.40. The first kappa shape index (κ1) is 22.3. The first-order chi connectivity index (χ1) is 15.4. The number of para-hydroxylation sites is 1. The number of carbonyl (C=O) groups is 1. The molecule has 1 aliphatic rings. The van der Waals surface area contributed by atoms with Crippen molar-refractivity contribution in [1.82, 2.24) is 4.31 Å². The van der Waals surface area contributed by atoms with Crippen molar-refractivity contribution >= 4 is 33.4 Å². The van der Waals surface area contributed by atoms with Crippen molar-refractivity contribution in [2.75, 3.05) is 6.61 Å². The predicted octanol–water partition coefficient (Wildman–Crippen LogP) is 4.87. The van der Waals surface area contributed by atoms with Crippen molar-refractivity contribution in [3.05, 3.63) is 77.2 Å². The molecule has 1 N–H and O–H groups in total. The minimum absolute atomic E-state index is 0.107. The maximum Gasteiger partial charge on any atom is 0.322 e. The number of thiophene rings is 1. The molecule has 3 aromatic rings. The second-order valence-electron chi connectivity index (χ2n) is 7.36. The molecule has 0 spiro atoms. The number of benzene rings is 2. The number of sulfonamides is 1. The molecule has 1 aromatic heterocycles. The van der Waals surface area contributed by atoms with Crippen LogP contribution in [0, 0.1) is 0 Å². The van der Waals surface area contributed by atoms with Gasteiger partial charge in [-0.15, -0.1) is 11.3 Å². The Bertz CT molecular complexity index is 1230. The summed E-state index contributed by atoms with van der Waals surface area (Å²) in [6, 6.07) is 18.1. The van der Waals surface area contributed by atoms with Crippen LogP contribution in [-0.4, -0.2) is 36.4 Å². The van der Waals surface area contributed by atoms with Gasteiger partial charge in [0.05, 0.1) is 11.4 Å². The molecular weight excluding hydrogens is 446 g/mol. The van der Waals surface area contributed by atoms with Gasteiger partial charge in [-0.2, -0.15) is 4.31 Å². The fourth-order valence-corrected chi connectivity index (χ4v) is 7.02. The average Bonchev–Trinajstić information content (AvgIpc) is 3.31. The fourth-order valence-electron chi connectivity index (χ4n) is 3.62. The molecule has 0 radical (unpaired) electrons. The Morgan fingerprint density at radius 3 is 2.53 bits per heavy atom. The van der Waals surface area contributed by atoms with Crippen molar-refractivity contribution in [3.8, 4) is 16.2 Å². The monoisotopic (exact) mass is 469 g/mol. The summed E-state index contributed by atoms with van der Waals surface area (Å²) in [7, 11) is -3.80. The van der Waals surface area contributed by atoms with E-state index in [9.17, 15) is 18.3 Å². The second-order valence-corrected chi connectivity index (χ2v) is 10.4. The number of carboxylic acid groups (broad SMARTS) is 1. The number of rotatable bonds is 8. The first-order valence-electron chi connectivity index (χ1n) is 10.2. The minimum atomic E-state index is -3.80. The van der Waals surface area contributed by atoms with Gasteiger partial charge in [-0.3, -0.25) is 4.79 Å². The van der Waals surface area contributed by atoms with Crippen LogP contribution >= 0.6 is 11.3 Å². The molecule has 1 aliphatic heterocycles. The van der Waals surface area contributed by atoms with Gasteiger partial charge in [0.2, 0.25) is 10.0 Å². The van der Waals surface area contributed by atoms with Gasteiger partial charge in [0.1, 0.15) is 18.4 Å². The van der Waals surface area contributed by atoms with Crippen molar-refractivity contribution in [1.29, 1.82) is 0 Å². The maximum absolute atomic E-state index is 12.9. The van der Waals surface area contributed by atoms with E-state index in [1.165, 1.54) is 11.3 Å². The molecule has 6 nitrogen and oxygen atoms in total. The number of nitrogens with zero attached hydrogens (tertiary/aromatic N) is 1. The average molecular weight is 470 g/mol.